The molecular formula is C26H20Cl2N2O4S2. The van der Waals surface area contributed by atoms with Crippen molar-refractivity contribution in [2.75, 3.05) is 23.9 Å². The summed E-state index contributed by atoms with van der Waals surface area (Å²) in [6.45, 7) is 1.76. The van der Waals surface area contributed by atoms with Crippen molar-refractivity contribution >= 4 is 80.8 Å². The number of methoxy groups -OCH3 is 1. The number of thioether (sulfide) groups is 1. The molecule has 1 N–H and O–H groups in total. The second kappa shape index (κ2) is 11.3. The maximum atomic E-state index is 13.1. The molecule has 36 heavy (non-hydrogen) atoms. The summed E-state index contributed by atoms with van der Waals surface area (Å²) in [5, 5.41) is 3.59. The van der Waals surface area contributed by atoms with Crippen LogP contribution in [0.2, 0.25) is 10.0 Å². The molecule has 3 aromatic carbocycles. The monoisotopic (exact) mass is 558 g/mol. The second-order valence-corrected chi connectivity index (χ2v) is 10.2. The molecule has 1 saturated heterocycles. The molecule has 6 nitrogen and oxygen atoms in total. The molecule has 10 heteroatoms. The summed E-state index contributed by atoms with van der Waals surface area (Å²) in [5.74, 6) is 0.232. The van der Waals surface area contributed by atoms with Crippen molar-refractivity contribution in [2.24, 2.45) is 0 Å². The molecule has 0 bridgehead atoms. The lowest BCUT2D eigenvalue weighted by atomic mass is 10.2. The van der Waals surface area contributed by atoms with Gasteiger partial charge in [-0.2, -0.15) is 0 Å². The third-order valence-corrected chi connectivity index (χ3v) is 6.93. The quantitative estimate of drug-likeness (QED) is 0.256. The summed E-state index contributed by atoms with van der Waals surface area (Å²) in [6.07, 6.45) is 1.71. The Hall–Kier alpha value is -3.04. The fourth-order valence-electron chi connectivity index (χ4n) is 3.45. The zero-order chi connectivity index (χ0) is 25.8. The lowest BCUT2D eigenvalue weighted by Crippen LogP contribution is -2.27. The van der Waals surface area contributed by atoms with Crippen LogP contribution in [0, 0.1) is 6.92 Å². The number of aryl methyl sites for hydroxylation is 1. The van der Waals surface area contributed by atoms with Crippen LogP contribution in [0.25, 0.3) is 6.08 Å². The SMILES string of the molecule is COc1cc(/C=C2\SC(=S)N(c3ccc(Cl)cc3Cl)C2=O)ccc1OCC(=O)Nc1cccc(C)c1. The molecule has 3 aromatic rings. The lowest BCUT2D eigenvalue weighted by molar-refractivity contribution is -0.118. The Bertz CT molecular complexity index is 1390. The molecule has 1 fully saturated rings. The Morgan fingerprint density at radius 2 is 1.92 bits per heavy atom. The number of hydrogen-bond acceptors (Lipinski definition) is 6. The zero-order valence-electron chi connectivity index (χ0n) is 19.2. The van der Waals surface area contributed by atoms with Gasteiger partial charge in [0.15, 0.2) is 22.4 Å². The van der Waals surface area contributed by atoms with Crippen molar-refractivity contribution in [3.63, 3.8) is 0 Å². The van der Waals surface area contributed by atoms with E-state index < -0.39 is 0 Å². The van der Waals surface area contributed by atoms with Gasteiger partial charge in [0.1, 0.15) is 0 Å². The largest absolute Gasteiger partial charge is 0.493 e. The number of nitrogens with zero attached hydrogens (tertiary/aromatic N) is 1. The predicted octanol–water partition coefficient (Wildman–Crippen LogP) is 6.73. The molecule has 0 saturated carbocycles. The van der Waals surface area contributed by atoms with Gasteiger partial charge in [-0.05, 0) is 66.6 Å². The van der Waals surface area contributed by atoms with E-state index in [9.17, 15) is 9.59 Å². The van der Waals surface area contributed by atoms with E-state index in [0.29, 0.717) is 47.7 Å². The topological polar surface area (TPSA) is 67.9 Å². The average Bonchev–Trinajstić information content (AvgIpc) is 3.10. The number of nitrogens with one attached hydrogen (secondary N) is 1. The number of thiocarbonyl (C=S) groups is 1. The Morgan fingerprint density at radius 3 is 2.64 bits per heavy atom. The molecule has 1 aliphatic heterocycles. The van der Waals surface area contributed by atoms with Gasteiger partial charge in [0.25, 0.3) is 11.8 Å². The number of ether oxygens (including phenoxy) is 2. The van der Waals surface area contributed by atoms with E-state index in [4.69, 9.17) is 44.9 Å². The van der Waals surface area contributed by atoms with Gasteiger partial charge in [-0.1, -0.05) is 65.4 Å². The molecule has 0 unspecified atom stereocenters. The first-order chi connectivity index (χ1) is 17.2. The van der Waals surface area contributed by atoms with Gasteiger partial charge < -0.3 is 14.8 Å². The van der Waals surface area contributed by atoms with E-state index in [1.54, 1.807) is 42.5 Å². The minimum atomic E-state index is -0.295. The van der Waals surface area contributed by atoms with Gasteiger partial charge in [-0.15, -0.1) is 0 Å². The predicted molar refractivity (Wildman–Crippen MR) is 150 cm³/mol. The minimum absolute atomic E-state index is 0.190. The highest BCUT2D eigenvalue weighted by Crippen LogP contribution is 2.40. The molecule has 4 rings (SSSR count). The normalized spacial score (nSPS) is 14.3. The van der Waals surface area contributed by atoms with Crippen LogP contribution < -0.4 is 19.7 Å². The number of carbonyl (C=O) groups is 2. The van der Waals surface area contributed by atoms with Crippen LogP contribution in [-0.4, -0.2) is 29.9 Å². The van der Waals surface area contributed by atoms with Crippen LogP contribution in [0.4, 0.5) is 11.4 Å². The van der Waals surface area contributed by atoms with E-state index in [1.807, 2.05) is 31.2 Å². The van der Waals surface area contributed by atoms with Crippen molar-refractivity contribution in [1.29, 1.82) is 0 Å². The summed E-state index contributed by atoms with van der Waals surface area (Å²) >= 11 is 18.8. The van der Waals surface area contributed by atoms with Crippen LogP contribution in [0.15, 0.2) is 65.6 Å². The number of carbonyl (C=O) groups excluding carboxylic acids is 2. The summed E-state index contributed by atoms with van der Waals surface area (Å²) in [6, 6.07) is 17.5. The van der Waals surface area contributed by atoms with E-state index >= 15 is 0 Å². The molecule has 0 radical (unpaired) electrons. The second-order valence-electron chi connectivity index (χ2n) is 7.73. The third kappa shape index (κ3) is 6.02. The summed E-state index contributed by atoms with van der Waals surface area (Å²) in [4.78, 5) is 27.2. The maximum absolute atomic E-state index is 13.1. The number of halogens is 2. The molecule has 184 valence electrons. The first-order valence-corrected chi connectivity index (χ1v) is 12.6. The van der Waals surface area contributed by atoms with Crippen LogP contribution in [-0.2, 0) is 9.59 Å². The Morgan fingerprint density at radius 1 is 1.11 bits per heavy atom. The van der Waals surface area contributed by atoms with Crippen LogP contribution in [0.5, 0.6) is 11.5 Å². The number of anilines is 2. The maximum Gasteiger partial charge on any atom is 0.270 e. The first kappa shape index (κ1) is 26.0. The Labute approximate surface area is 228 Å². The van der Waals surface area contributed by atoms with E-state index in [2.05, 4.69) is 5.32 Å². The lowest BCUT2D eigenvalue weighted by Gasteiger charge is -2.16. The summed E-state index contributed by atoms with van der Waals surface area (Å²) in [5.41, 5.74) is 2.91. The van der Waals surface area contributed by atoms with E-state index in [0.717, 1.165) is 5.56 Å². The molecule has 1 aliphatic rings. The first-order valence-electron chi connectivity index (χ1n) is 10.7. The number of hydrogen-bond donors (Lipinski definition) is 1. The van der Waals surface area contributed by atoms with Crippen molar-refractivity contribution in [3.8, 4) is 11.5 Å². The molecule has 0 aromatic heterocycles. The van der Waals surface area contributed by atoms with Crippen LogP contribution in [0.3, 0.4) is 0 Å². The van der Waals surface area contributed by atoms with Gasteiger partial charge in [0.2, 0.25) is 0 Å². The van der Waals surface area contributed by atoms with Gasteiger partial charge >= 0.3 is 0 Å². The van der Waals surface area contributed by atoms with Crippen LogP contribution in [0.1, 0.15) is 11.1 Å². The van der Waals surface area contributed by atoms with Crippen molar-refractivity contribution in [2.45, 2.75) is 6.92 Å². The molecule has 0 aliphatic carbocycles. The van der Waals surface area contributed by atoms with Crippen LogP contribution >= 0.6 is 47.2 Å². The number of amides is 2. The number of benzene rings is 3. The van der Waals surface area contributed by atoms with Crippen molar-refractivity contribution in [1.82, 2.24) is 0 Å². The highest BCUT2D eigenvalue weighted by Gasteiger charge is 2.34. The van der Waals surface area contributed by atoms with Gasteiger partial charge in [0.05, 0.1) is 22.7 Å². The molecule has 1 heterocycles. The smallest absolute Gasteiger partial charge is 0.270 e. The van der Waals surface area contributed by atoms with Gasteiger partial charge in [-0.25, -0.2) is 0 Å². The highest BCUT2D eigenvalue weighted by atomic mass is 35.5. The van der Waals surface area contributed by atoms with E-state index in [-0.39, 0.29) is 18.4 Å². The van der Waals surface area contributed by atoms with Gasteiger partial charge in [-0.3, -0.25) is 14.5 Å². The third-order valence-electron chi connectivity index (χ3n) is 5.09. The Balaban J connectivity index is 1.47. The fourth-order valence-corrected chi connectivity index (χ4v) is 5.22. The summed E-state index contributed by atoms with van der Waals surface area (Å²) in [7, 11) is 1.50. The molecule has 0 spiro atoms. The molecule has 0 atom stereocenters. The van der Waals surface area contributed by atoms with Gasteiger partial charge in [0, 0.05) is 10.7 Å². The Kier molecular flexibility index (Phi) is 8.21. The molecule has 2 amide bonds. The highest BCUT2D eigenvalue weighted by molar-refractivity contribution is 8.27. The number of rotatable bonds is 7. The van der Waals surface area contributed by atoms with Crippen molar-refractivity contribution < 1.29 is 19.1 Å². The average molecular weight is 559 g/mol. The molecular weight excluding hydrogens is 539 g/mol. The van der Waals surface area contributed by atoms with Crippen molar-refractivity contribution in [3.05, 3.63) is 86.7 Å². The minimum Gasteiger partial charge on any atom is -0.493 e. The fraction of sp³-hybridized carbons (Fsp3) is 0.115. The van der Waals surface area contributed by atoms with E-state index in [1.165, 1.54) is 23.8 Å². The standard InChI is InChI=1S/C26H20Cl2N2O4S2/c1-15-4-3-5-18(10-15)29-24(31)14-34-21-9-6-16(11-22(21)33-2)12-23-25(32)30(26(35)36-23)20-8-7-17(27)13-19(20)28/h3-13H,14H2,1-2H3,(H,29,31)/b23-12-. The summed E-state index contributed by atoms with van der Waals surface area (Å²) < 4.78 is 11.5. The zero-order valence-corrected chi connectivity index (χ0v) is 22.4.